The fourth-order valence-corrected chi connectivity index (χ4v) is 13.6. The summed E-state index contributed by atoms with van der Waals surface area (Å²) in [6, 6.07) is 21.5. The summed E-state index contributed by atoms with van der Waals surface area (Å²) in [5, 5.41) is 38.0. The van der Waals surface area contributed by atoms with E-state index in [0.717, 1.165) is 33.4 Å². The number of benzene rings is 4. The standard InChI is InChI=1S/C72H92ClN9O17/c1-41(2)62(78-67(89)96-40-52-50-22-14-12-20-48(50)49-21-13-15-23-51(49)52)64(86)77-54(24-17-31-75-66(74)88)63(85)76-47-29-27-45(28-30-47)39-97-69(91)80(7)32-18-26-59(83)81(8)44(5)65(87)99-71-36-53(70(71,6)92)43(4)57-37-72(93,79-68(90)98-57)58(95-11)25-16-19-42(3)33-46-34-55(82(9)60(84)38-71)61(73)56(35-46)94-10/h12-16,19-23,25,27-30,34-35,41,43-44,52-54,57-58,62,92-93H,17-18,24,26,31-33,36-40H2,1-11H3,(H,76,85)(H,77,86)(H,78,89)(H,79,90)(H3,74,75,88)/b25-16+,42-19+/t43-,44-,53?,54-,57-,58+,62-,70+,71?,72-/m0/s1. The van der Waals surface area contributed by atoms with Crippen molar-refractivity contribution in [1.82, 2.24) is 31.1 Å². The minimum Gasteiger partial charge on any atom is -0.495 e. The highest BCUT2D eigenvalue weighted by molar-refractivity contribution is 6.35. The molecule has 2 fully saturated rings. The van der Waals surface area contributed by atoms with Crippen LogP contribution in [0.4, 0.5) is 30.6 Å². The lowest BCUT2D eigenvalue weighted by Gasteiger charge is -2.61. The van der Waals surface area contributed by atoms with Crippen molar-refractivity contribution in [2.24, 2.45) is 23.5 Å². The number of anilines is 2. The van der Waals surface area contributed by atoms with E-state index in [1.807, 2.05) is 61.5 Å². The number of nitrogens with zero attached hydrogens (tertiary/aromatic N) is 3. The highest BCUT2D eigenvalue weighted by atomic mass is 35.5. The van der Waals surface area contributed by atoms with Gasteiger partial charge in [-0.25, -0.2) is 24.0 Å². The normalized spacial score (nSPS) is 23.7. The van der Waals surface area contributed by atoms with Gasteiger partial charge in [-0.05, 0) is 122 Å². The Hall–Kier alpha value is -9.24. The van der Waals surface area contributed by atoms with Crippen molar-refractivity contribution >= 4 is 76.9 Å². The van der Waals surface area contributed by atoms with Gasteiger partial charge in [-0.2, -0.15) is 0 Å². The molecule has 534 valence electrons. The minimum absolute atomic E-state index is 0.0276. The summed E-state index contributed by atoms with van der Waals surface area (Å²) in [4.78, 5) is 125. The minimum atomic E-state index is -1.97. The van der Waals surface area contributed by atoms with E-state index in [0.29, 0.717) is 23.4 Å². The number of amides is 9. The number of nitrogens with one attached hydrogen (secondary N) is 5. The molecular formula is C72H92ClN9O17. The number of carbonyl (C=O) groups is 9. The van der Waals surface area contributed by atoms with Crippen molar-refractivity contribution in [3.05, 3.63) is 136 Å². The first-order valence-corrected chi connectivity index (χ1v) is 33.4. The highest BCUT2D eigenvalue weighted by Crippen LogP contribution is 2.57. The van der Waals surface area contributed by atoms with E-state index in [2.05, 4.69) is 26.6 Å². The van der Waals surface area contributed by atoms with Crippen LogP contribution in [0.3, 0.4) is 0 Å². The Morgan fingerprint density at radius 1 is 0.889 bits per heavy atom. The number of nitrogens with two attached hydrogens (primary N) is 1. The molecule has 10 atom stereocenters. The molecule has 27 heteroatoms. The molecule has 2 unspecified atom stereocenters. The zero-order valence-electron chi connectivity index (χ0n) is 57.8. The van der Waals surface area contributed by atoms with Gasteiger partial charge in [0, 0.05) is 71.7 Å². The van der Waals surface area contributed by atoms with Crippen LogP contribution in [0.2, 0.25) is 5.02 Å². The van der Waals surface area contributed by atoms with Crippen molar-refractivity contribution < 1.29 is 81.8 Å². The molecule has 99 heavy (non-hydrogen) atoms. The van der Waals surface area contributed by atoms with E-state index in [4.69, 9.17) is 45.8 Å². The van der Waals surface area contributed by atoms with Crippen LogP contribution in [0, 0.1) is 17.8 Å². The molecule has 9 rings (SSSR count). The van der Waals surface area contributed by atoms with E-state index in [1.54, 1.807) is 69.3 Å². The number of fused-ring (bicyclic) bond motifs is 8. The Labute approximate surface area is 581 Å². The Bertz CT molecular complexity index is 3670. The molecule has 3 aliphatic heterocycles. The van der Waals surface area contributed by atoms with Gasteiger partial charge in [0.05, 0.1) is 19.2 Å². The van der Waals surface area contributed by atoms with Crippen LogP contribution in [0.25, 0.3) is 11.1 Å². The summed E-state index contributed by atoms with van der Waals surface area (Å²) >= 11 is 6.86. The molecule has 4 aromatic rings. The number of rotatable bonds is 23. The molecule has 26 nitrogen and oxygen atoms in total. The Morgan fingerprint density at radius 3 is 2.18 bits per heavy atom. The van der Waals surface area contributed by atoms with Crippen LogP contribution in [-0.2, 0) is 60.7 Å². The van der Waals surface area contributed by atoms with Crippen molar-refractivity contribution in [3.63, 3.8) is 0 Å². The molecule has 0 radical (unpaired) electrons. The van der Waals surface area contributed by atoms with Crippen LogP contribution < -0.4 is 42.0 Å². The maximum absolute atomic E-state index is 14.6. The monoisotopic (exact) mass is 1390 g/mol. The lowest BCUT2D eigenvalue weighted by atomic mass is 9.52. The summed E-state index contributed by atoms with van der Waals surface area (Å²) in [6.07, 6.45) is 0.623. The van der Waals surface area contributed by atoms with Crippen molar-refractivity contribution in [3.8, 4) is 16.9 Å². The number of esters is 1. The maximum Gasteiger partial charge on any atom is 0.409 e. The predicted molar refractivity (Wildman–Crippen MR) is 368 cm³/mol. The SMILES string of the molecule is COc1cc2cc(c1Cl)N(C)C(=O)CC1(OC(=O)[C@H](C)N(C)C(=O)CCCN(C)C(=O)OCc3ccc(NC(=O)[C@H](CCCNC(N)=O)NC(=O)[C@@H](NC(=O)OCC4c5ccccc5-c5ccccc54)C(C)C)cc3)CC([C@H](C)[C@@H]3C[C@@](O)(NC(=O)O3)[C@H](OC)/C=C/C=C(\C)C2)[C@@]1(C)O. The highest BCUT2D eigenvalue weighted by Gasteiger charge is 2.69. The van der Waals surface area contributed by atoms with Gasteiger partial charge in [-0.3, -0.25) is 24.5 Å². The maximum atomic E-state index is 14.6. The number of carbonyl (C=O) groups excluding carboxylic acids is 9. The first-order valence-electron chi connectivity index (χ1n) is 33.1. The number of ether oxygens (including phenoxy) is 6. The Balaban J connectivity index is 0.843. The first-order chi connectivity index (χ1) is 46.9. The molecule has 3 heterocycles. The van der Waals surface area contributed by atoms with Crippen LogP contribution in [0.15, 0.2) is 109 Å². The number of primary amides is 1. The first kappa shape index (κ1) is 75.5. The van der Waals surface area contributed by atoms with Gasteiger partial charge in [0.25, 0.3) is 0 Å². The zero-order valence-corrected chi connectivity index (χ0v) is 58.6. The summed E-state index contributed by atoms with van der Waals surface area (Å²) < 4.78 is 34.6. The Kier molecular flexibility index (Phi) is 24.9. The molecule has 0 aromatic heterocycles. The fourth-order valence-electron chi connectivity index (χ4n) is 13.3. The van der Waals surface area contributed by atoms with Gasteiger partial charge in [0.2, 0.25) is 23.6 Å². The molecule has 5 aliphatic rings. The average Bonchev–Trinajstić information content (AvgIpc) is 1.34. The van der Waals surface area contributed by atoms with E-state index in [9.17, 15) is 53.4 Å². The number of hydrogen-bond acceptors (Lipinski definition) is 17. The third-order valence-electron chi connectivity index (χ3n) is 19.4. The van der Waals surface area contributed by atoms with Gasteiger partial charge in [-0.15, -0.1) is 0 Å². The summed E-state index contributed by atoms with van der Waals surface area (Å²) in [5.41, 5.74) is 6.41. The molecular weight excluding hydrogens is 1300 g/mol. The molecule has 2 aliphatic carbocycles. The molecule has 9 N–H and O–H groups in total. The fraction of sp³-hybridized carbons (Fsp3) is 0.486. The third-order valence-corrected chi connectivity index (χ3v) is 19.8. The summed E-state index contributed by atoms with van der Waals surface area (Å²) in [7, 11) is 7.24. The number of allylic oxidation sites excluding steroid dienone is 3. The molecule has 0 spiro atoms. The molecule has 1 saturated carbocycles. The van der Waals surface area contributed by atoms with Crippen molar-refractivity contribution in [2.75, 3.05) is 65.3 Å². The lowest BCUT2D eigenvalue weighted by molar-refractivity contribution is -0.283. The van der Waals surface area contributed by atoms with Gasteiger partial charge in [0.15, 0.2) is 5.72 Å². The van der Waals surface area contributed by atoms with E-state index in [1.165, 1.54) is 63.9 Å². The topological polar surface area (TPSA) is 345 Å². The number of aliphatic hydroxyl groups is 2. The largest absolute Gasteiger partial charge is 0.495 e. The quantitative estimate of drug-likeness (QED) is 0.0198. The zero-order chi connectivity index (χ0) is 72.3. The van der Waals surface area contributed by atoms with E-state index < -0.39 is 125 Å². The van der Waals surface area contributed by atoms with Crippen molar-refractivity contribution in [2.45, 2.75) is 153 Å². The predicted octanol–water partition coefficient (Wildman–Crippen LogP) is 7.98. The molecule has 9 amide bonds. The number of likely N-dealkylation sites (N-methyl/N-ethyl adjacent to an activating group) is 1. The van der Waals surface area contributed by atoms with Gasteiger partial charge < -0.3 is 80.3 Å². The number of methoxy groups -OCH3 is 2. The third kappa shape index (κ3) is 17.8. The van der Waals surface area contributed by atoms with Crippen molar-refractivity contribution in [1.29, 1.82) is 0 Å². The van der Waals surface area contributed by atoms with E-state index >= 15 is 0 Å². The van der Waals surface area contributed by atoms with Crippen LogP contribution in [-0.4, -0.2) is 176 Å². The van der Waals surface area contributed by atoms with Crippen LogP contribution in [0.5, 0.6) is 5.75 Å². The van der Waals surface area contributed by atoms with Crippen LogP contribution in [0.1, 0.15) is 115 Å². The number of halogens is 1. The average molecular weight is 1390 g/mol. The molecule has 4 aromatic carbocycles. The lowest BCUT2D eigenvalue weighted by Crippen LogP contribution is -2.73. The van der Waals surface area contributed by atoms with Gasteiger partial charge in [-0.1, -0.05) is 117 Å². The molecule has 6 bridgehead atoms. The summed E-state index contributed by atoms with van der Waals surface area (Å²) in [6.45, 7) is 10.0. The second kappa shape index (κ2) is 32.6. The number of hydrogen-bond donors (Lipinski definition) is 8. The second-order valence-electron chi connectivity index (χ2n) is 26.6. The second-order valence-corrected chi connectivity index (χ2v) is 26.9. The number of urea groups is 1. The summed E-state index contributed by atoms with van der Waals surface area (Å²) in [5.74, 6) is -5.02. The Morgan fingerprint density at radius 2 is 1.56 bits per heavy atom. The van der Waals surface area contributed by atoms with Gasteiger partial charge >= 0.3 is 30.3 Å². The number of alkyl carbamates (subject to hydrolysis) is 2. The smallest absolute Gasteiger partial charge is 0.409 e. The van der Waals surface area contributed by atoms with Crippen LogP contribution >= 0.6 is 11.6 Å². The van der Waals surface area contributed by atoms with E-state index in [-0.39, 0.29) is 81.5 Å². The van der Waals surface area contributed by atoms with Gasteiger partial charge in [0.1, 0.15) is 65.5 Å². The molecule has 1 saturated heterocycles.